The number of hydrogen-bond acceptors (Lipinski definition) is 2. The first-order chi connectivity index (χ1) is 13.5. The quantitative estimate of drug-likeness (QED) is 0.644. The van der Waals surface area contributed by atoms with Gasteiger partial charge in [-0.25, -0.2) is 0 Å². The van der Waals surface area contributed by atoms with E-state index in [1.54, 1.807) is 0 Å². The van der Waals surface area contributed by atoms with Crippen molar-refractivity contribution in [3.05, 3.63) is 83.4 Å². The van der Waals surface area contributed by atoms with Crippen LogP contribution in [0, 0.1) is 13.8 Å². The molecule has 5 heteroatoms. The molecule has 0 unspecified atom stereocenters. The van der Waals surface area contributed by atoms with Gasteiger partial charge in [0.25, 0.3) is 0 Å². The molecule has 1 fully saturated rings. The lowest BCUT2D eigenvalue weighted by molar-refractivity contribution is 0.262. The molecular weight excluding hydrogens is 364 g/mol. The van der Waals surface area contributed by atoms with Crippen LogP contribution in [0.3, 0.4) is 0 Å². The lowest BCUT2D eigenvalue weighted by atomic mass is 10.00. The molecular formula is C23H26N4S. The van der Waals surface area contributed by atoms with Crippen molar-refractivity contribution in [1.29, 1.82) is 0 Å². The van der Waals surface area contributed by atoms with Gasteiger partial charge in [0.15, 0.2) is 5.11 Å². The molecule has 0 bridgehead atoms. The predicted molar refractivity (Wildman–Crippen MR) is 118 cm³/mol. The maximum atomic E-state index is 5.72. The fourth-order valence-electron chi connectivity index (χ4n) is 3.98. The van der Waals surface area contributed by atoms with Crippen LogP contribution in [0.25, 0.3) is 5.69 Å². The van der Waals surface area contributed by atoms with E-state index in [1.807, 2.05) is 18.3 Å². The average molecular weight is 391 g/mol. The molecule has 4 rings (SSSR count). The third-order valence-corrected chi connectivity index (χ3v) is 5.87. The highest BCUT2D eigenvalue weighted by Crippen LogP contribution is 2.40. The van der Waals surface area contributed by atoms with Gasteiger partial charge in [0.05, 0.1) is 17.8 Å². The summed E-state index contributed by atoms with van der Waals surface area (Å²) in [7, 11) is 0. The Labute approximate surface area is 172 Å². The van der Waals surface area contributed by atoms with Gasteiger partial charge in [0, 0.05) is 29.8 Å². The summed E-state index contributed by atoms with van der Waals surface area (Å²) in [6, 6.07) is 17.3. The van der Waals surface area contributed by atoms with E-state index in [0.29, 0.717) is 0 Å². The van der Waals surface area contributed by atoms with Crippen LogP contribution in [-0.2, 0) is 0 Å². The maximum absolute atomic E-state index is 5.72. The molecule has 144 valence electrons. The van der Waals surface area contributed by atoms with Crippen molar-refractivity contribution in [1.82, 2.24) is 19.8 Å². The first kappa shape index (κ1) is 18.7. The van der Waals surface area contributed by atoms with Gasteiger partial charge < -0.3 is 14.8 Å². The van der Waals surface area contributed by atoms with Gasteiger partial charge >= 0.3 is 0 Å². The van der Waals surface area contributed by atoms with Crippen molar-refractivity contribution in [2.45, 2.75) is 45.8 Å². The minimum absolute atomic E-state index is 0.0105. The number of thiocarbonyl (C=S) groups is 1. The molecule has 28 heavy (non-hydrogen) atoms. The molecule has 0 saturated carbocycles. The summed E-state index contributed by atoms with van der Waals surface area (Å²) in [6.07, 6.45) is 3.98. The standard InChI is InChI=1S/C23H26N4S/c1-15(2)27-22(21(25-23(27)28)19-8-5-6-12-24-19)20-9-7-13-26(20)18-11-10-16(3)17(4)14-18/h5-15,21-22H,1-4H3,(H,25,28)/t21-,22-/m1/s1. The molecule has 0 radical (unpaired) electrons. The van der Waals surface area contributed by atoms with Crippen LogP contribution in [-0.4, -0.2) is 25.6 Å². The van der Waals surface area contributed by atoms with E-state index in [2.05, 4.69) is 90.1 Å². The molecule has 2 aromatic heterocycles. The topological polar surface area (TPSA) is 33.1 Å². The van der Waals surface area contributed by atoms with Crippen LogP contribution in [0.1, 0.15) is 48.4 Å². The zero-order valence-corrected chi connectivity index (χ0v) is 17.6. The van der Waals surface area contributed by atoms with Gasteiger partial charge in [-0.05, 0) is 87.4 Å². The van der Waals surface area contributed by atoms with Crippen molar-refractivity contribution < 1.29 is 0 Å². The van der Waals surface area contributed by atoms with E-state index < -0.39 is 0 Å². The summed E-state index contributed by atoms with van der Waals surface area (Å²) in [4.78, 5) is 6.91. The molecule has 4 nitrogen and oxygen atoms in total. The van der Waals surface area contributed by atoms with Crippen molar-refractivity contribution in [2.24, 2.45) is 0 Å². The fourth-order valence-corrected chi connectivity index (χ4v) is 4.44. The second-order valence-electron chi connectivity index (χ2n) is 7.70. The molecule has 3 aromatic rings. The van der Waals surface area contributed by atoms with E-state index >= 15 is 0 Å². The van der Waals surface area contributed by atoms with Gasteiger partial charge in [-0.1, -0.05) is 12.1 Å². The van der Waals surface area contributed by atoms with Gasteiger partial charge in [0.1, 0.15) is 0 Å². The van der Waals surface area contributed by atoms with Crippen LogP contribution < -0.4 is 5.32 Å². The summed E-state index contributed by atoms with van der Waals surface area (Å²) in [5, 5.41) is 4.30. The predicted octanol–water partition coefficient (Wildman–Crippen LogP) is 4.87. The zero-order valence-electron chi connectivity index (χ0n) is 16.8. The minimum atomic E-state index is 0.0105. The highest BCUT2D eigenvalue weighted by Gasteiger charge is 2.42. The van der Waals surface area contributed by atoms with Crippen LogP contribution in [0.15, 0.2) is 60.9 Å². The van der Waals surface area contributed by atoms with Crippen LogP contribution >= 0.6 is 12.2 Å². The Bertz CT molecular complexity index is 993. The second kappa shape index (κ2) is 7.40. The Morgan fingerprint density at radius 3 is 2.54 bits per heavy atom. The molecule has 0 amide bonds. The molecule has 1 aliphatic rings. The number of nitrogens with zero attached hydrogens (tertiary/aromatic N) is 3. The normalized spacial score (nSPS) is 19.3. The van der Waals surface area contributed by atoms with Crippen LogP contribution in [0.5, 0.6) is 0 Å². The summed E-state index contributed by atoms with van der Waals surface area (Å²) in [5.74, 6) is 0. The van der Waals surface area contributed by atoms with Crippen molar-refractivity contribution in [3.8, 4) is 5.69 Å². The summed E-state index contributed by atoms with van der Waals surface area (Å²) in [5.41, 5.74) is 5.98. The fraction of sp³-hybridized carbons (Fsp3) is 0.304. The molecule has 1 aromatic carbocycles. The van der Waals surface area contributed by atoms with E-state index in [9.17, 15) is 0 Å². The first-order valence-corrected chi connectivity index (χ1v) is 10.1. The largest absolute Gasteiger partial charge is 0.352 e. The van der Waals surface area contributed by atoms with E-state index in [0.717, 1.165) is 10.8 Å². The smallest absolute Gasteiger partial charge is 0.170 e. The number of benzene rings is 1. The van der Waals surface area contributed by atoms with E-state index in [-0.39, 0.29) is 18.1 Å². The summed E-state index contributed by atoms with van der Waals surface area (Å²) >= 11 is 5.72. The molecule has 1 N–H and O–H groups in total. The number of nitrogens with one attached hydrogen (secondary N) is 1. The molecule has 0 aliphatic carbocycles. The van der Waals surface area contributed by atoms with Crippen molar-refractivity contribution in [3.63, 3.8) is 0 Å². The van der Waals surface area contributed by atoms with Crippen molar-refractivity contribution >= 4 is 17.3 Å². The van der Waals surface area contributed by atoms with Crippen molar-refractivity contribution in [2.75, 3.05) is 0 Å². The Kier molecular flexibility index (Phi) is 4.94. The highest BCUT2D eigenvalue weighted by atomic mass is 32.1. The number of aromatic nitrogens is 2. The average Bonchev–Trinajstić information content (AvgIpc) is 3.28. The van der Waals surface area contributed by atoms with Crippen LogP contribution in [0.2, 0.25) is 0 Å². The third-order valence-electron chi connectivity index (χ3n) is 5.54. The number of aryl methyl sites for hydroxylation is 2. The monoisotopic (exact) mass is 390 g/mol. The van der Waals surface area contributed by atoms with E-state index in [1.165, 1.54) is 22.5 Å². The molecule has 1 aliphatic heterocycles. The molecule has 1 saturated heterocycles. The first-order valence-electron chi connectivity index (χ1n) is 9.72. The Hall–Kier alpha value is -2.66. The summed E-state index contributed by atoms with van der Waals surface area (Å²) < 4.78 is 2.28. The SMILES string of the molecule is Cc1ccc(-n2cccc2[C@@H]2[C@@H](c3ccccn3)NC(=S)N2C(C)C)cc1C. The summed E-state index contributed by atoms with van der Waals surface area (Å²) in [6.45, 7) is 8.67. The molecule has 2 atom stereocenters. The lowest BCUT2D eigenvalue weighted by Gasteiger charge is -2.31. The number of rotatable bonds is 4. The molecule has 3 heterocycles. The Morgan fingerprint density at radius 2 is 1.86 bits per heavy atom. The lowest BCUT2D eigenvalue weighted by Crippen LogP contribution is -2.36. The maximum Gasteiger partial charge on any atom is 0.170 e. The van der Waals surface area contributed by atoms with Gasteiger partial charge in [0.2, 0.25) is 0 Å². The van der Waals surface area contributed by atoms with Gasteiger partial charge in [-0.15, -0.1) is 0 Å². The van der Waals surface area contributed by atoms with Gasteiger partial charge in [-0.2, -0.15) is 0 Å². The molecule has 0 spiro atoms. The Morgan fingerprint density at radius 1 is 1.04 bits per heavy atom. The zero-order chi connectivity index (χ0) is 19.8. The minimum Gasteiger partial charge on any atom is -0.352 e. The number of hydrogen-bond donors (Lipinski definition) is 1. The number of pyridine rings is 1. The third kappa shape index (κ3) is 3.20. The van der Waals surface area contributed by atoms with Crippen LogP contribution in [0.4, 0.5) is 0 Å². The van der Waals surface area contributed by atoms with Gasteiger partial charge in [-0.3, -0.25) is 4.98 Å². The van der Waals surface area contributed by atoms with E-state index in [4.69, 9.17) is 12.2 Å². The Balaban J connectivity index is 1.84. The second-order valence-corrected chi connectivity index (χ2v) is 8.09. The highest BCUT2D eigenvalue weighted by molar-refractivity contribution is 7.80.